The Morgan fingerprint density at radius 1 is 0.852 bits per heavy atom. The molecule has 1 rings (SSSR count). The van der Waals surface area contributed by atoms with Crippen molar-refractivity contribution >= 4 is 0 Å². The molecule has 162 valence electrons. The van der Waals surface area contributed by atoms with Crippen molar-refractivity contribution in [3.63, 3.8) is 0 Å². The van der Waals surface area contributed by atoms with Gasteiger partial charge in [0.1, 0.15) is 0 Å². The lowest BCUT2D eigenvalue weighted by molar-refractivity contribution is -0.458. The van der Waals surface area contributed by atoms with Gasteiger partial charge in [0.25, 0.3) is 0 Å². The average molecular weight is 419 g/mol. The van der Waals surface area contributed by atoms with Crippen LogP contribution in [0.2, 0.25) is 0 Å². The van der Waals surface area contributed by atoms with Gasteiger partial charge in [0, 0.05) is 11.1 Å². The zero-order valence-electron chi connectivity index (χ0n) is 14.9. The van der Waals surface area contributed by atoms with Crippen LogP contribution >= 0.6 is 0 Å². The molecule has 0 aromatic carbocycles. The van der Waals surface area contributed by atoms with E-state index in [0.29, 0.717) is 19.3 Å². The monoisotopic (exact) mass is 419 g/mol. The third kappa shape index (κ3) is 3.89. The smallest absolute Gasteiger partial charge is 0.351 e. The first-order valence-corrected chi connectivity index (χ1v) is 8.27. The summed E-state index contributed by atoms with van der Waals surface area (Å²) in [5, 5.41) is 11.2. The number of hydrogen-bond donors (Lipinski definition) is 1. The molecule has 0 spiro atoms. The molecule has 0 aromatic rings. The van der Waals surface area contributed by atoms with E-state index in [2.05, 4.69) is 4.74 Å². The lowest BCUT2D eigenvalue weighted by atomic mass is 9.91. The summed E-state index contributed by atoms with van der Waals surface area (Å²) in [6.07, 6.45) is -19.4. The second-order valence-corrected chi connectivity index (χ2v) is 7.01. The lowest BCUT2D eigenvalue weighted by Crippen LogP contribution is -2.68. The summed E-state index contributed by atoms with van der Waals surface area (Å²) < 4.78 is 119. The van der Waals surface area contributed by atoms with Crippen molar-refractivity contribution in [2.45, 2.75) is 88.1 Å². The summed E-state index contributed by atoms with van der Waals surface area (Å²) in [5.74, 6) is 0. The summed E-state index contributed by atoms with van der Waals surface area (Å²) in [4.78, 5) is 0. The fourth-order valence-electron chi connectivity index (χ4n) is 3.57. The molecule has 0 aromatic heterocycles. The SMILES string of the molecule is CCC1(CC)CCC(C)(CCOC(C(F)(F)F)(C(F)(F)F)C(F)(F)F)N1O. The predicted octanol–water partition coefficient (Wildman–Crippen LogP) is 5.62. The quantitative estimate of drug-likeness (QED) is 0.567. The fraction of sp³-hybridized carbons (Fsp3) is 1.00. The van der Waals surface area contributed by atoms with Crippen molar-refractivity contribution in [3.8, 4) is 0 Å². The molecule has 0 radical (unpaired) electrons. The molecule has 1 fully saturated rings. The van der Waals surface area contributed by atoms with E-state index >= 15 is 0 Å². The highest BCUT2D eigenvalue weighted by molar-refractivity contribution is 5.04. The second-order valence-electron chi connectivity index (χ2n) is 7.01. The van der Waals surface area contributed by atoms with Gasteiger partial charge in [0.2, 0.25) is 0 Å². The first-order valence-electron chi connectivity index (χ1n) is 8.27. The number of hydroxylamine groups is 2. The van der Waals surface area contributed by atoms with Crippen molar-refractivity contribution in [1.29, 1.82) is 0 Å². The molecule has 1 saturated heterocycles. The fourth-order valence-corrected chi connectivity index (χ4v) is 3.57. The molecule has 12 heteroatoms. The molecule has 0 bridgehead atoms. The number of halogens is 9. The van der Waals surface area contributed by atoms with E-state index < -0.39 is 48.2 Å². The number of hydrogen-bond acceptors (Lipinski definition) is 3. The zero-order valence-corrected chi connectivity index (χ0v) is 14.9. The highest BCUT2D eigenvalue weighted by atomic mass is 19.4. The highest BCUT2D eigenvalue weighted by Gasteiger charge is 2.85. The van der Waals surface area contributed by atoms with E-state index in [0.717, 1.165) is 5.06 Å². The maximum Gasteiger partial charge on any atom is 0.435 e. The Morgan fingerprint density at radius 3 is 1.56 bits per heavy atom. The normalized spacial score (nSPS) is 25.2. The number of nitrogens with zero attached hydrogens (tertiary/aromatic N) is 1. The molecule has 3 nitrogen and oxygen atoms in total. The van der Waals surface area contributed by atoms with E-state index in [4.69, 9.17) is 0 Å². The first kappa shape index (κ1) is 24.3. The molecule has 0 aliphatic carbocycles. The van der Waals surface area contributed by atoms with E-state index in [9.17, 15) is 44.7 Å². The highest BCUT2D eigenvalue weighted by Crippen LogP contribution is 2.55. The molecule has 1 aliphatic heterocycles. The van der Waals surface area contributed by atoms with Gasteiger partial charge in [-0.3, -0.25) is 0 Å². The van der Waals surface area contributed by atoms with Gasteiger partial charge in [-0.15, -0.1) is 0 Å². The summed E-state index contributed by atoms with van der Waals surface area (Å²) in [5.41, 5.74) is -8.32. The largest absolute Gasteiger partial charge is 0.435 e. The summed E-state index contributed by atoms with van der Waals surface area (Å²) in [7, 11) is 0. The topological polar surface area (TPSA) is 32.7 Å². The molecule has 1 unspecified atom stereocenters. The lowest BCUT2D eigenvalue weighted by Gasteiger charge is -2.42. The van der Waals surface area contributed by atoms with E-state index in [-0.39, 0.29) is 6.42 Å². The molecular formula is C15H22F9NO2. The minimum absolute atomic E-state index is 0.186. The Labute approximate surface area is 150 Å². The predicted molar refractivity (Wildman–Crippen MR) is 76.0 cm³/mol. The van der Waals surface area contributed by atoms with Gasteiger partial charge in [-0.2, -0.15) is 44.6 Å². The number of alkyl halides is 9. The van der Waals surface area contributed by atoms with E-state index in [1.807, 2.05) is 0 Å². The Balaban J connectivity index is 3.09. The van der Waals surface area contributed by atoms with Crippen molar-refractivity contribution in [2.75, 3.05) is 6.61 Å². The molecule has 1 atom stereocenters. The minimum atomic E-state index is -6.75. The Kier molecular flexibility index (Phi) is 6.52. The molecule has 1 heterocycles. The molecule has 1 N–H and O–H groups in total. The maximum absolute atomic E-state index is 12.8. The Hall–Kier alpha value is -0.750. The van der Waals surface area contributed by atoms with E-state index in [1.54, 1.807) is 13.8 Å². The molecule has 27 heavy (non-hydrogen) atoms. The van der Waals surface area contributed by atoms with Crippen LogP contribution in [0.25, 0.3) is 0 Å². The van der Waals surface area contributed by atoms with Gasteiger partial charge in [0.15, 0.2) is 0 Å². The molecule has 0 amide bonds. The maximum atomic E-state index is 12.8. The van der Waals surface area contributed by atoms with Crippen molar-refractivity contribution in [1.82, 2.24) is 5.06 Å². The minimum Gasteiger partial charge on any atom is -0.351 e. The van der Waals surface area contributed by atoms with Crippen molar-refractivity contribution in [2.24, 2.45) is 0 Å². The molecule has 0 saturated carbocycles. The van der Waals surface area contributed by atoms with Crippen molar-refractivity contribution in [3.05, 3.63) is 0 Å². The third-order valence-electron chi connectivity index (χ3n) is 5.56. The van der Waals surface area contributed by atoms with Crippen LogP contribution < -0.4 is 0 Å². The van der Waals surface area contributed by atoms with Crippen LogP contribution in [-0.4, -0.2) is 52.1 Å². The molecule has 1 aliphatic rings. The molecular weight excluding hydrogens is 397 g/mol. The number of rotatable bonds is 6. The Bertz CT molecular complexity index is 475. The van der Waals surface area contributed by atoms with Crippen LogP contribution in [-0.2, 0) is 4.74 Å². The van der Waals surface area contributed by atoms with Crippen LogP contribution in [0.15, 0.2) is 0 Å². The van der Waals surface area contributed by atoms with E-state index in [1.165, 1.54) is 6.92 Å². The van der Waals surface area contributed by atoms with Crippen LogP contribution in [0.1, 0.15) is 52.9 Å². The average Bonchev–Trinajstić information content (AvgIpc) is 2.73. The third-order valence-corrected chi connectivity index (χ3v) is 5.56. The standard InChI is InChI=1S/C15H22F9NO2/c1-4-11(5-2)7-6-10(3,25(11)26)8-9-27-12(13(16,17)18,14(19,20)21)15(22,23)24/h26H,4-9H2,1-3H3. The second kappa shape index (κ2) is 7.25. The van der Waals surface area contributed by atoms with Crippen LogP contribution in [0, 0.1) is 0 Å². The number of ether oxygens (including phenoxy) is 1. The van der Waals surface area contributed by atoms with Crippen LogP contribution in [0.4, 0.5) is 39.5 Å². The first-order chi connectivity index (χ1) is 11.9. The van der Waals surface area contributed by atoms with Gasteiger partial charge in [0.05, 0.1) is 6.61 Å². The summed E-state index contributed by atoms with van der Waals surface area (Å²) >= 11 is 0. The van der Waals surface area contributed by atoms with Crippen LogP contribution in [0.3, 0.4) is 0 Å². The zero-order chi connectivity index (χ0) is 21.5. The van der Waals surface area contributed by atoms with Crippen molar-refractivity contribution < 1.29 is 49.5 Å². The summed E-state index contributed by atoms with van der Waals surface area (Å²) in [6.45, 7) is 3.36. The Morgan fingerprint density at radius 2 is 1.26 bits per heavy atom. The van der Waals surface area contributed by atoms with Gasteiger partial charge in [-0.05, 0) is 39.0 Å². The van der Waals surface area contributed by atoms with Gasteiger partial charge in [-0.25, -0.2) is 0 Å². The summed E-state index contributed by atoms with van der Waals surface area (Å²) in [6, 6.07) is 0. The van der Waals surface area contributed by atoms with Gasteiger partial charge in [-0.1, -0.05) is 13.8 Å². The van der Waals surface area contributed by atoms with Gasteiger partial charge < -0.3 is 9.94 Å². The van der Waals surface area contributed by atoms with Gasteiger partial charge >= 0.3 is 24.1 Å². The van der Waals surface area contributed by atoms with Crippen LogP contribution in [0.5, 0.6) is 0 Å².